The molecule has 0 saturated heterocycles. The summed E-state index contributed by atoms with van der Waals surface area (Å²) in [5.41, 5.74) is 1.80. The van der Waals surface area contributed by atoms with Gasteiger partial charge in [-0.05, 0) is 57.9 Å². The van der Waals surface area contributed by atoms with E-state index in [1.54, 1.807) is 12.0 Å². The quantitative estimate of drug-likeness (QED) is 0.744. The third-order valence-electron chi connectivity index (χ3n) is 3.54. The predicted octanol–water partition coefficient (Wildman–Crippen LogP) is 4.77. The number of halogens is 2. The number of benzene rings is 1. The third kappa shape index (κ3) is 2.58. The Morgan fingerprint density at radius 1 is 1.43 bits per heavy atom. The number of rotatable bonds is 2. The number of hydrogen-bond acceptors (Lipinski definition) is 3. The first-order chi connectivity index (χ1) is 10.1. The number of nitrogens with zero attached hydrogens (tertiary/aromatic N) is 1. The Hall–Kier alpha value is -1.04. The number of fused-ring (bicyclic) bond motifs is 1. The largest absolute Gasteiger partial charge is 0.495 e. The Bertz CT molecular complexity index is 701. The molecule has 0 spiro atoms. The van der Waals surface area contributed by atoms with Gasteiger partial charge in [0.2, 0.25) is 0 Å². The topological polar surface area (TPSA) is 29.5 Å². The number of carbonyl (C=O) groups excluding carboxylic acids is 1. The highest BCUT2D eigenvalue weighted by Gasteiger charge is 2.29. The number of amides is 1. The van der Waals surface area contributed by atoms with Crippen molar-refractivity contribution in [2.75, 3.05) is 18.6 Å². The molecule has 2 heterocycles. The highest BCUT2D eigenvalue weighted by atomic mass is 79.9. The second-order valence-corrected chi connectivity index (χ2v) is 6.91. The van der Waals surface area contributed by atoms with Crippen molar-refractivity contribution in [1.29, 1.82) is 0 Å². The van der Waals surface area contributed by atoms with E-state index in [1.807, 2.05) is 23.6 Å². The first kappa shape index (κ1) is 14.9. The van der Waals surface area contributed by atoms with Gasteiger partial charge in [0.05, 0.1) is 12.8 Å². The third-order valence-corrected chi connectivity index (χ3v) is 5.72. The van der Waals surface area contributed by atoms with Crippen molar-refractivity contribution in [2.45, 2.75) is 12.8 Å². The van der Waals surface area contributed by atoms with Crippen LogP contribution in [0.3, 0.4) is 0 Å². The number of carbonyl (C=O) groups is 1. The van der Waals surface area contributed by atoms with Crippen LogP contribution in [0.1, 0.15) is 21.7 Å². The second kappa shape index (κ2) is 5.99. The summed E-state index contributed by atoms with van der Waals surface area (Å²) in [6.07, 6.45) is 1.76. The first-order valence-corrected chi connectivity index (χ1v) is 8.58. The SMILES string of the molecule is COc1ccc(Cl)c2c1N(C(=O)c1sccc1Br)CCC2. The molecule has 1 amide bonds. The molecule has 0 saturated carbocycles. The maximum Gasteiger partial charge on any atom is 0.269 e. The molecule has 0 atom stereocenters. The maximum absolute atomic E-state index is 12.8. The highest BCUT2D eigenvalue weighted by molar-refractivity contribution is 9.10. The van der Waals surface area contributed by atoms with E-state index in [4.69, 9.17) is 16.3 Å². The summed E-state index contributed by atoms with van der Waals surface area (Å²) in [6.45, 7) is 0.673. The Balaban J connectivity index is 2.10. The lowest BCUT2D eigenvalue weighted by atomic mass is 10.0. The fraction of sp³-hybridized carbons (Fsp3) is 0.267. The van der Waals surface area contributed by atoms with Gasteiger partial charge in [-0.1, -0.05) is 11.6 Å². The van der Waals surface area contributed by atoms with Gasteiger partial charge in [-0.15, -0.1) is 11.3 Å². The molecule has 0 aliphatic carbocycles. The summed E-state index contributed by atoms with van der Waals surface area (Å²) in [5, 5.41) is 2.59. The van der Waals surface area contributed by atoms with Gasteiger partial charge in [0.1, 0.15) is 10.6 Å². The average molecular weight is 387 g/mol. The first-order valence-electron chi connectivity index (χ1n) is 6.53. The van der Waals surface area contributed by atoms with Gasteiger partial charge in [-0.3, -0.25) is 4.79 Å². The van der Waals surface area contributed by atoms with Crippen LogP contribution in [0.15, 0.2) is 28.1 Å². The summed E-state index contributed by atoms with van der Waals surface area (Å²) < 4.78 is 6.26. The summed E-state index contributed by atoms with van der Waals surface area (Å²) in [4.78, 5) is 15.3. The molecule has 2 aromatic rings. The smallest absolute Gasteiger partial charge is 0.269 e. The van der Waals surface area contributed by atoms with Crippen LogP contribution in [0, 0.1) is 0 Å². The molecule has 1 aliphatic rings. The van der Waals surface area contributed by atoms with Gasteiger partial charge >= 0.3 is 0 Å². The Morgan fingerprint density at radius 3 is 2.90 bits per heavy atom. The van der Waals surface area contributed by atoms with Crippen molar-refractivity contribution >= 4 is 50.5 Å². The molecule has 1 aromatic carbocycles. The maximum atomic E-state index is 12.8. The molecular weight excluding hydrogens is 374 g/mol. The van der Waals surface area contributed by atoms with Crippen LogP contribution in [0.5, 0.6) is 5.75 Å². The monoisotopic (exact) mass is 385 g/mol. The summed E-state index contributed by atoms with van der Waals surface area (Å²) in [7, 11) is 1.61. The van der Waals surface area contributed by atoms with E-state index < -0.39 is 0 Å². The van der Waals surface area contributed by atoms with E-state index in [2.05, 4.69) is 15.9 Å². The molecule has 0 bridgehead atoms. The minimum absolute atomic E-state index is 0.0154. The minimum Gasteiger partial charge on any atom is -0.495 e. The van der Waals surface area contributed by atoms with E-state index >= 15 is 0 Å². The van der Waals surface area contributed by atoms with Crippen molar-refractivity contribution < 1.29 is 9.53 Å². The van der Waals surface area contributed by atoms with Crippen LogP contribution in [-0.2, 0) is 6.42 Å². The molecule has 6 heteroatoms. The normalized spacial score (nSPS) is 14.0. The standard InChI is InChI=1S/C15H13BrClNO2S/c1-20-12-5-4-11(17)9-3-2-7-18(13(9)12)15(19)14-10(16)6-8-21-14/h4-6,8H,2-3,7H2,1H3. The summed E-state index contributed by atoms with van der Waals surface area (Å²) >= 11 is 11.2. The zero-order chi connectivity index (χ0) is 15.0. The van der Waals surface area contributed by atoms with Crippen molar-refractivity contribution in [3.05, 3.63) is 43.5 Å². The zero-order valence-electron chi connectivity index (χ0n) is 11.4. The van der Waals surface area contributed by atoms with Gasteiger partial charge in [0.25, 0.3) is 5.91 Å². The van der Waals surface area contributed by atoms with Crippen LogP contribution in [0.4, 0.5) is 5.69 Å². The van der Waals surface area contributed by atoms with Crippen LogP contribution in [-0.4, -0.2) is 19.6 Å². The number of ether oxygens (including phenoxy) is 1. The zero-order valence-corrected chi connectivity index (χ0v) is 14.5. The molecule has 21 heavy (non-hydrogen) atoms. The molecule has 110 valence electrons. The Kier molecular flexibility index (Phi) is 4.24. The van der Waals surface area contributed by atoms with Gasteiger partial charge in [-0.25, -0.2) is 0 Å². The van der Waals surface area contributed by atoms with Gasteiger partial charge in [0.15, 0.2) is 0 Å². The lowest BCUT2D eigenvalue weighted by molar-refractivity contribution is 0.0987. The molecule has 0 radical (unpaired) electrons. The van der Waals surface area contributed by atoms with Crippen LogP contribution in [0.25, 0.3) is 0 Å². The lowest BCUT2D eigenvalue weighted by Crippen LogP contribution is -2.35. The molecule has 3 nitrogen and oxygen atoms in total. The van der Waals surface area contributed by atoms with Crippen LogP contribution < -0.4 is 9.64 Å². The van der Waals surface area contributed by atoms with Crippen molar-refractivity contribution in [2.24, 2.45) is 0 Å². The average Bonchev–Trinajstić information content (AvgIpc) is 2.93. The van der Waals surface area contributed by atoms with E-state index in [0.29, 0.717) is 22.2 Å². The lowest BCUT2D eigenvalue weighted by Gasteiger charge is -2.31. The molecule has 0 N–H and O–H groups in total. The molecule has 0 unspecified atom stereocenters. The number of hydrogen-bond donors (Lipinski definition) is 0. The fourth-order valence-corrected chi connectivity index (χ4v) is 4.32. The van der Waals surface area contributed by atoms with Crippen molar-refractivity contribution in [3.8, 4) is 5.75 Å². The fourth-order valence-electron chi connectivity index (χ4n) is 2.59. The Labute approximate surface area is 140 Å². The number of methoxy groups -OCH3 is 1. The summed E-state index contributed by atoms with van der Waals surface area (Å²) in [5.74, 6) is 0.675. The van der Waals surface area contributed by atoms with E-state index in [0.717, 1.165) is 28.6 Å². The van der Waals surface area contributed by atoms with Gasteiger partial charge in [0, 0.05) is 16.0 Å². The number of thiophene rings is 1. The van der Waals surface area contributed by atoms with Crippen LogP contribution >= 0.6 is 38.9 Å². The predicted molar refractivity (Wildman–Crippen MR) is 90.0 cm³/mol. The van der Waals surface area contributed by atoms with E-state index in [-0.39, 0.29) is 5.91 Å². The van der Waals surface area contributed by atoms with Crippen molar-refractivity contribution in [1.82, 2.24) is 0 Å². The molecule has 1 aromatic heterocycles. The molecule has 3 rings (SSSR count). The molecular formula is C15H13BrClNO2S. The molecule has 1 aliphatic heterocycles. The Morgan fingerprint density at radius 2 is 2.24 bits per heavy atom. The van der Waals surface area contributed by atoms with Crippen molar-refractivity contribution in [3.63, 3.8) is 0 Å². The minimum atomic E-state index is -0.0154. The highest BCUT2D eigenvalue weighted by Crippen LogP contribution is 2.41. The van der Waals surface area contributed by atoms with E-state index in [1.165, 1.54) is 11.3 Å². The van der Waals surface area contributed by atoms with Gasteiger partial charge < -0.3 is 9.64 Å². The van der Waals surface area contributed by atoms with Gasteiger partial charge in [-0.2, -0.15) is 0 Å². The number of anilines is 1. The van der Waals surface area contributed by atoms with Crippen LogP contribution in [0.2, 0.25) is 5.02 Å². The summed E-state index contributed by atoms with van der Waals surface area (Å²) in [6, 6.07) is 5.53. The van der Waals surface area contributed by atoms with E-state index in [9.17, 15) is 4.79 Å². The molecule has 0 fully saturated rings. The second-order valence-electron chi connectivity index (χ2n) is 4.73.